The maximum absolute atomic E-state index is 8.28. The molecule has 0 saturated carbocycles. The van der Waals surface area contributed by atoms with Crippen LogP contribution in [0.1, 0.15) is 0 Å². The van der Waals surface area contributed by atoms with Gasteiger partial charge < -0.3 is 10.6 Å². The first-order chi connectivity index (χ1) is 1.00. The van der Waals surface area contributed by atoms with E-state index in [1.807, 2.05) is 0 Å². The van der Waals surface area contributed by atoms with E-state index in [-0.39, 0.29) is 32.0 Å². The molecule has 0 aromatic carbocycles. The molecule has 0 aliphatic carbocycles. The van der Waals surface area contributed by atoms with Crippen molar-refractivity contribution < 1.29 is 30.3 Å². The first-order valence-corrected chi connectivity index (χ1v) is 0.866. The smallest absolute Gasteiger partial charge is 0.245 e. The van der Waals surface area contributed by atoms with Crippen LogP contribution in [0.3, 0.4) is 0 Å². The first kappa shape index (κ1) is 21.0. The van der Waals surface area contributed by atoms with E-state index in [2.05, 4.69) is 0 Å². The van der Waals surface area contributed by atoms with Gasteiger partial charge in [-0.3, -0.25) is 0 Å². The van der Waals surface area contributed by atoms with Gasteiger partial charge in [-0.2, -0.15) is 0 Å². The van der Waals surface area contributed by atoms with Crippen LogP contribution < -0.4 is 6.15 Å². The predicted molar refractivity (Wildman–Crippen MR) is 14.3 cm³/mol. The van der Waals surface area contributed by atoms with Crippen LogP contribution in [0.2, 0.25) is 0 Å². The second-order valence-corrected chi connectivity index (χ2v) is 0. The molecule has 0 atom stereocenters. The van der Waals surface area contributed by atoms with Crippen molar-refractivity contribution in [2.24, 2.45) is 0 Å². The minimum atomic E-state index is 0. The van der Waals surface area contributed by atoms with Crippen LogP contribution in [0.25, 0.3) is 0 Å². The van der Waals surface area contributed by atoms with Gasteiger partial charge in [0, 0.05) is 25.8 Å². The molecule has 0 unspecified atom stereocenters. The van der Waals surface area contributed by atoms with E-state index in [0.29, 0.717) is 10.1 Å². The molecule has 4 heavy (non-hydrogen) atoms. The second kappa shape index (κ2) is 43.5. The molecule has 4 heteroatoms. The fourth-order valence-corrected chi connectivity index (χ4v) is 0. The molecule has 0 aliphatic rings. The Bertz CT molecular complexity index is 8.00. The van der Waals surface area contributed by atoms with E-state index in [0.717, 1.165) is 0 Å². The quantitative estimate of drug-likeness (QED) is 0.561. The maximum atomic E-state index is 8.28. The van der Waals surface area contributed by atoms with Crippen molar-refractivity contribution in [1.29, 1.82) is 0 Å². The Labute approximate surface area is 46.8 Å². The maximum Gasteiger partial charge on any atom is 0.245 e. The molecule has 3 N–H and O–H groups in total. The molecular weight excluding hydrogens is 237 g/mol. The largest absolute Gasteiger partial charge is 0.396 e. The minimum Gasteiger partial charge on any atom is -0.396 e. The Morgan fingerprint density at radius 3 is 1.25 bits per heavy atom. The van der Waals surface area contributed by atoms with E-state index in [9.17, 15) is 0 Å². The fraction of sp³-hybridized carbons (Fsp3) is 0. The molecule has 0 amide bonds. The Kier molecular flexibility index (Phi) is 228. The van der Waals surface area contributed by atoms with Gasteiger partial charge in [-0.25, -0.2) is 0 Å². The van der Waals surface area contributed by atoms with E-state index >= 15 is 0 Å². The summed E-state index contributed by atoms with van der Waals surface area (Å²) in [6.07, 6.45) is 0. The van der Waals surface area contributed by atoms with Gasteiger partial charge >= 0.3 is 0 Å². The molecule has 0 heterocycles. The molecule has 0 saturated heterocycles. The number of rotatable bonds is 0. The van der Waals surface area contributed by atoms with Gasteiger partial charge in [0.25, 0.3) is 0 Å². The van der Waals surface area contributed by atoms with Gasteiger partial charge in [-0.15, -0.1) is 0 Å². The Morgan fingerprint density at radius 1 is 1.25 bits per heavy atom. The van der Waals surface area contributed by atoms with Crippen molar-refractivity contribution in [3.05, 3.63) is 0 Å². The third kappa shape index (κ3) is 13.5. The predicted octanol–water partition coefficient (Wildman–Crippen LogP) is -0.875. The minimum absolute atomic E-state index is 0. The van der Waals surface area contributed by atoms with Gasteiger partial charge in [0.2, 0.25) is 10.1 Å². The molecule has 0 radical (unpaired) electrons. The summed E-state index contributed by atoms with van der Waals surface area (Å²) in [5.74, 6) is 0. The average Bonchev–Trinajstić information content (AvgIpc) is 1.00. The number of hydrogen-bond donors (Lipinski definition) is 1. The topological polar surface area (TPSA) is 52.1 Å². The molecular formula is H5HfNOSi. The van der Waals surface area contributed by atoms with Crippen LogP contribution in [-0.2, 0) is 30.3 Å². The summed E-state index contributed by atoms with van der Waals surface area (Å²) in [7, 11) is 0.611. The monoisotopic (exact) mass is 243 g/mol. The normalized spacial score (nSPS) is 1.00. The zero-order valence-electron chi connectivity index (χ0n) is 2.32. The third-order valence-corrected chi connectivity index (χ3v) is 0. The molecule has 0 bridgehead atoms. The van der Waals surface area contributed by atoms with Crippen molar-refractivity contribution >= 4 is 10.1 Å². The summed E-state index contributed by atoms with van der Waals surface area (Å²) in [6.45, 7) is 0. The van der Waals surface area contributed by atoms with Gasteiger partial charge in [-0.1, -0.05) is 0 Å². The van der Waals surface area contributed by atoms with Crippen LogP contribution in [0.15, 0.2) is 0 Å². The van der Waals surface area contributed by atoms with Crippen molar-refractivity contribution in [3.8, 4) is 0 Å². The third-order valence-electron chi connectivity index (χ3n) is 0. The molecule has 0 spiro atoms. The molecule has 0 aromatic heterocycles. The first-order valence-electron chi connectivity index (χ1n) is 0.289. The van der Waals surface area contributed by atoms with Crippen LogP contribution in [0.4, 0.5) is 0 Å². The van der Waals surface area contributed by atoms with Crippen LogP contribution in [0, 0.1) is 0 Å². The Balaban J connectivity index is -0.00000000500. The van der Waals surface area contributed by atoms with Gasteiger partial charge in [0.05, 0.1) is 0 Å². The Morgan fingerprint density at radius 2 is 1.25 bits per heavy atom. The zero-order valence-corrected chi connectivity index (χ0v) is 7.33. The van der Waals surface area contributed by atoms with E-state index < -0.39 is 0 Å². The Hall–Kier alpha value is 0.847. The summed E-state index contributed by atoms with van der Waals surface area (Å²) < 4.78 is 8.28. The second-order valence-electron chi connectivity index (χ2n) is 0. The molecule has 0 aliphatic heterocycles. The zero-order chi connectivity index (χ0) is 2.00. The van der Waals surface area contributed by atoms with Gasteiger partial charge in [0.1, 0.15) is 0 Å². The van der Waals surface area contributed by atoms with Crippen LogP contribution in [0.5, 0.6) is 0 Å². The molecule has 24 valence electrons. The molecule has 0 fully saturated rings. The summed E-state index contributed by atoms with van der Waals surface area (Å²) in [6, 6.07) is 0. The van der Waals surface area contributed by atoms with Gasteiger partial charge in [0.15, 0.2) is 0 Å². The number of hydrogen-bond acceptors (Lipinski definition) is 2. The van der Waals surface area contributed by atoms with E-state index in [1.165, 1.54) is 0 Å². The molecule has 0 aromatic rings. The standard InChI is InChI=1S/Hf.H3N.H2OSi/c;;1-2/h;1H3;2H2. The van der Waals surface area contributed by atoms with Crippen LogP contribution >= 0.6 is 0 Å². The average molecular weight is 242 g/mol. The van der Waals surface area contributed by atoms with Crippen molar-refractivity contribution in [2.75, 3.05) is 0 Å². The van der Waals surface area contributed by atoms with E-state index in [4.69, 9.17) is 4.46 Å². The van der Waals surface area contributed by atoms with Crippen molar-refractivity contribution in [3.63, 3.8) is 0 Å². The van der Waals surface area contributed by atoms with Crippen LogP contribution in [-0.4, -0.2) is 10.1 Å². The van der Waals surface area contributed by atoms with Crippen molar-refractivity contribution in [2.45, 2.75) is 0 Å². The van der Waals surface area contributed by atoms with Gasteiger partial charge in [-0.05, 0) is 0 Å². The summed E-state index contributed by atoms with van der Waals surface area (Å²) in [5, 5.41) is 0. The van der Waals surface area contributed by atoms with Crippen molar-refractivity contribution in [1.82, 2.24) is 6.15 Å². The van der Waals surface area contributed by atoms with E-state index in [1.54, 1.807) is 0 Å². The molecule has 0 rings (SSSR count). The summed E-state index contributed by atoms with van der Waals surface area (Å²) in [4.78, 5) is 0. The SMILES string of the molecule is N.O=[SiH2].[Hf]. The summed E-state index contributed by atoms with van der Waals surface area (Å²) >= 11 is 0. The summed E-state index contributed by atoms with van der Waals surface area (Å²) in [5.41, 5.74) is 0. The fourth-order valence-electron chi connectivity index (χ4n) is 0. The molecule has 2 nitrogen and oxygen atoms in total.